The second-order valence-electron chi connectivity index (χ2n) is 5.49. The highest BCUT2D eigenvalue weighted by atomic mass is 16.4. The monoisotopic (exact) mass is 240 g/mol. The number of rotatable bonds is 3. The number of carbonyl (C=O) groups is 2. The molecule has 2 heterocycles. The molecule has 2 aliphatic heterocycles. The Morgan fingerprint density at radius 2 is 2.29 bits per heavy atom. The molecule has 2 rings (SSSR count). The number of hydrogen-bond acceptors (Lipinski definition) is 3. The maximum atomic E-state index is 12.0. The second-order valence-corrected chi connectivity index (χ2v) is 5.49. The first-order valence-electron chi connectivity index (χ1n) is 6.23. The molecule has 2 saturated heterocycles. The third kappa shape index (κ3) is 2.60. The molecule has 0 aromatic rings. The lowest BCUT2D eigenvalue weighted by molar-refractivity contribution is -0.147. The summed E-state index contributed by atoms with van der Waals surface area (Å²) in [6.07, 6.45) is 2.18. The Balaban J connectivity index is 1.87. The summed E-state index contributed by atoms with van der Waals surface area (Å²) >= 11 is 0. The van der Waals surface area contributed by atoms with Crippen LogP contribution in [0.3, 0.4) is 0 Å². The van der Waals surface area contributed by atoms with Crippen molar-refractivity contribution in [3.8, 4) is 0 Å². The number of carbonyl (C=O) groups excluding carboxylic acids is 1. The summed E-state index contributed by atoms with van der Waals surface area (Å²) in [4.78, 5) is 24.8. The van der Waals surface area contributed by atoms with Gasteiger partial charge in [-0.2, -0.15) is 0 Å². The minimum absolute atomic E-state index is 0.115. The van der Waals surface area contributed by atoms with E-state index in [2.05, 4.69) is 5.32 Å². The molecule has 2 aliphatic rings. The highest BCUT2D eigenvalue weighted by Crippen LogP contribution is 2.31. The minimum atomic E-state index is -0.796. The fraction of sp³-hybridized carbons (Fsp3) is 0.833. The maximum absolute atomic E-state index is 12.0. The fourth-order valence-corrected chi connectivity index (χ4v) is 2.61. The Hall–Kier alpha value is -1.10. The van der Waals surface area contributed by atoms with Crippen LogP contribution >= 0.6 is 0 Å². The molecule has 96 valence electrons. The molecule has 5 heteroatoms. The number of likely N-dealkylation sites (tertiary alicyclic amines) is 1. The van der Waals surface area contributed by atoms with Crippen LogP contribution in [0.4, 0.5) is 0 Å². The summed E-state index contributed by atoms with van der Waals surface area (Å²) in [5.41, 5.74) is -0.746. The summed E-state index contributed by atoms with van der Waals surface area (Å²) < 4.78 is 0. The van der Waals surface area contributed by atoms with Crippen LogP contribution in [0.15, 0.2) is 0 Å². The number of amides is 1. The highest BCUT2D eigenvalue weighted by Gasteiger charge is 2.42. The van der Waals surface area contributed by atoms with E-state index in [-0.39, 0.29) is 5.91 Å². The van der Waals surface area contributed by atoms with Crippen LogP contribution in [0.2, 0.25) is 0 Å². The van der Waals surface area contributed by atoms with Gasteiger partial charge in [-0.25, -0.2) is 0 Å². The van der Waals surface area contributed by atoms with Crippen molar-refractivity contribution in [2.45, 2.75) is 26.2 Å². The van der Waals surface area contributed by atoms with Gasteiger partial charge in [0.25, 0.3) is 0 Å². The standard InChI is InChI=1S/C12H20N2O3/c1-12(11(16)17)3-5-14(8-12)10(15)6-9-2-4-13-7-9/h9,13H,2-8H2,1H3,(H,16,17). The Morgan fingerprint density at radius 3 is 2.82 bits per heavy atom. The zero-order valence-electron chi connectivity index (χ0n) is 10.2. The predicted molar refractivity (Wildman–Crippen MR) is 62.5 cm³/mol. The average molecular weight is 240 g/mol. The molecule has 2 atom stereocenters. The molecule has 2 unspecified atom stereocenters. The number of aliphatic carboxylic acids is 1. The Bertz CT molecular complexity index is 326. The van der Waals surface area contributed by atoms with E-state index in [0.29, 0.717) is 31.8 Å². The van der Waals surface area contributed by atoms with Gasteiger partial charge in [-0.3, -0.25) is 9.59 Å². The zero-order valence-corrected chi connectivity index (χ0v) is 10.2. The van der Waals surface area contributed by atoms with E-state index in [1.165, 1.54) is 0 Å². The third-order valence-electron chi connectivity index (χ3n) is 3.97. The van der Waals surface area contributed by atoms with E-state index >= 15 is 0 Å². The van der Waals surface area contributed by atoms with Crippen LogP contribution in [0.1, 0.15) is 26.2 Å². The molecule has 17 heavy (non-hydrogen) atoms. The first-order valence-corrected chi connectivity index (χ1v) is 6.23. The first kappa shape index (κ1) is 12.4. The predicted octanol–water partition coefficient (Wildman–Crippen LogP) is 0.309. The molecule has 1 amide bonds. The quantitative estimate of drug-likeness (QED) is 0.745. The molecule has 0 aromatic heterocycles. The molecule has 5 nitrogen and oxygen atoms in total. The summed E-state index contributed by atoms with van der Waals surface area (Å²) in [7, 11) is 0. The van der Waals surface area contributed by atoms with E-state index in [4.69, 9.17) is 5.11 Å². The van der Waals surface area contributed by atoms with Gasteiger partial charge in [0.1, 0.15) is 0 Å². The third-order valence-corrected chi connectivity index (χ3v) is 3.97. The molecule has 0 radical (unpaired) electrons. The van der Waals surface area contributed by atoms with Gasteiger partial charge in [-0.05, 0) is 38.8 Å². The summed E-state index contributed by atoms with van der Waals surface area (Å²) in [6, 6.07) is 0. The van der Waals surface area contributed by atoms with Crippen molar-refractivity contribution < 1.29 is 14.7 Å². The van der Waals surface area contributed by atoms with Crippen molar-refractivity contribution in [3.05, 3.63) is 0 Å². The van der Waals surface area contributed by atoms with Gasteiger partial charge < -0.3 is 15.3 Å². The largest absolute Gasteiger partial charge is 0.481 e. The fourth-order valence-electron chi connectivity index (χ4n) is 2.61. The van der Waals surface area contributed by atoms with E-state index < -0.39 is 11.4 Å². The number of carboxylic acid groups (broad SMARTS) is 1. The van der Waals surface area contributed by atoms with Crippen LogP contribution in [-0.2, 0) is 9.59 Å². The molecule has 0 aromatic carbocycles. The molecule has 0 spiro atoms. The second kappa shape index (κ2) is 4.64. The topological polar surface area (TPSA) is 69.6 Å². The Kier molecular flexibility index (Phi) is 3.38. The number of carboxylic acids is 1. The van der Waals surface area contributed by atoms with Gasteiger partial charge in [0.2, 0.25) is 5.91 Å². The smallest absolute Gasteiger partial charge is 0.311 e. The lowest BCUT2D eigenvalue weighted by Gasteiger charge is -2.21. The summed E-state index contributed by atoms with van der Waals surface area (Å²) in [6.45, 7) is 4.57. The Morgan fingerprint density at radius 1 is 1.53 bits per heavy atom. The van der Waals surface area contributed by atoms with Crippen LogP contribution in [0, 0.1) is 11.3 Å². The summed E-state index contributed by atoms with van der Waals surface area (Å²) in [5.74, 6) is -0.252. The van der Waals surface area contributed by atoms with Crippen molar-refractivity contribution >= 4 is 11.9 Å². The van der Waals surface area contributed by atoms with E-state index in [9.17, 15) is 9.59 Å². The normalized spacial score (nSPS) is 33.0. The molecule has 0 aliphatic carbocycles. The van der Waals surface area contributed by atoms with Gasteiger partial charge >= 0.3 is 5.97 Å². The number of nitrogens with zero attached hydrogens (tertiary/aromatic N) is 1. The lowest BCUT2D eigenvalue weighted by Crippen LogP contribution is -2.35. The van der Waals surface area contributed by atoms with E-state index in [1.54, 1.807) is 11.8 Å². The van der Waals surface area contributed by atoms with E-state index in [1.807, 2.05) is 0 Å². The van der Waals surface area contributed by atoms with Crippen LogP contribution in [-0.4, -0.2) is 48.1 Å². The van der Waals surface area contributed by atoms with Crippen molar-refractivity contribution in [2.75, 3.05) is 26.2 Å². The van der Waals surface area contributed by atoms with Crippen LogP contribution < -0.4 is 5.32 Å². The minimum Gasteiger partial charge on any atom is -0.481 e. The van der Waals surface area contributed by atoms with Crippen molar-refractivity contribution in [3.63, 3.8) is 0 Å². The van der Waals surface area contributed by atoms with Crippen LogP contribution in [0.5, 0.6) is 0 Å². The molecule has 2 N–H and O–H groups in total. The summed E-state index contributed by atoms with van der Waals surface area (Å²) in [5, 5.41) is 12.3. The van der Waals surface area contributed by atoms with Gasteiger partial charge in [0.15, 0.2) is 0 Å². The van der Waals surface area contributed by atoms with E-state index in [0.717, 1.165) is 19.5 Å². The van der Waals surface area contributed by atoms with Crippen molar-refractivity contribution in [1.29, 1.82) is 0 Å². The molecular weight excluding hydrogens is 220 g/mol. The SMILES string of the molecule is CC1(C(=O)O)CCN(C(=O)CC2CCNC2)C1. The first-order chi connectivity index (χ1) is 8.01. The molecule has 2 fully saturated rings. The molecule has 0 bridgehead atoms. The maximum Gasteiger partial charge on any atom is 0.311 e. The van der Waals surface area contributed by atoms with Gasteiger partial charge in [0, 0.05) is 19.5 Å². The average Bonchev–Trinajstić information content (AvgIpc) is 2.88. The number of hydrogen-bond donors (Lipinski definition) is 2. The molecular formula is C12H20N2O3. The van der Waals surface area contributed by atoms with Crippen molar-refractivity contribution in [2.24, 2.45) is 11.3 Å². The van der Waals surface area contributed by atoms with Gasteiger partial charge in [-0.15, -0.1) is 0 Å². The number of nitrogens with one attached hydrogen (secondary N) is 1. The van der Waals surface area contributed by atoms with Gasteiger partial charge in [-0.1, -0.05) is 0 Å². The highest BCUT2D eigenvalue weighted by molar-refractivity contribution is 5.80. The zero-order chi connectivity index (χ0) is 12.5. The van der Waals surface area contributed by atoms with Gasteiger partial charge in [0.05, 0.1) is 5.41 Å². The lowest BCUT2D eigenvalue weighted by atomic mass is 9.90. The molecule has 0 saturated carbocycles. The Labute approximate surface area is 101 Å². The van der Waals surface area contributed by atoms with Crippen LogP contribution in [0.25, 0.3) is 0 Å². The van der Waals surface area contributed by atoms with Crippen molar-refractivity contribution in [1.82, 2.24) is 10.2 Å².